The average molecular weight is 764 g/mol. The van der Waals surface area contributed by atoms with Gasteiger partial charge in [0.25, 0.3) is 0 Å². The molecule has 8 rings (SSSR count). The number of methoxy groups -OCH3 is 1. The summed E-state index contributed by atoms with van der Waals surface area (Å²) in [5, 5.41) is 3.21. The zero-order valence-electron chi connectivity index (χ0n) is 32.5. The predicted octanol–water partition coefficient (Wildman–Crippen LogP) is 7.79. The van der Waals surface area contributed by atoms with Gasteiger partial charge in [-0.25, -0.2) is 14.8 Å². The van der Waals surface area contributed by atoms with Crippen LogP contribution in [0.25, 0.3) is 22.3 Å². The first-order chi connectivity index (χ1) is 26.3. The third kappa shape index (κ3) is 7.21. The van der Waals surface area contributed by atoms with Gasteiger partial charge in [0.15, 0.2) is 0 Å². The maximum absolute atomic E-state index is 13.9. The van der Waals surface area contributed by atoms with E-state index in [1.165, 1.54) is 7.11 Å². The van der Waals surface area contributed by atoms with Gasteiger partial charge in [0.05, 0.1) is 30.2 Å². The van der Waals surface area contributed by atoms with E-state index in [1.54, 1.807) is 0 Å². The summed E-state index contributed by atoms with van der Waals surface area (Å²) in [5.74, 6) is 8.26. The molecule has 2 aromatic heterocycles. The van der Waals surface area contributed by atoms with E-state index in [-0.39, 0.29) is 52.5 Å². The third-order valence-corrected chi connectivity index (χ3v) is 12.9. The molecular weight excluding hydrogens is 714 g/mol. The van der Waals surface area contributed by atoms with Crippen molar-refractivity contribution in [1.82, 2.24) is 35.1 Å². The number of alkyl carbamates (subject to hydrolysis) is 1. The lowest BCUT2D eigenvalue weighted by molar-refractivity contribution is -0.137. The SMILES string of the molecule is COC(=O)N[C@H](C(=O)N1CC2(CC2)C[C@H]1c1nc2cc(C#Cc3ccc(-c4nc([C@@H]5CC6(CC6)CN5C(=O)[C@@H](C)C(C)C)[nH]c4Cl)cc3)ccc2[nH]1)C(C)C. The number of hydrogen-bond acceptors (Lipinski definition) is 6. The number of likely N-dealkylation sites (tertiary alicyclic amines) is 2. The van der Waals surface area contributed by atoms with Gasteiger partial charge in [0.1, 0.15) is 28.5 Å². The van der Waals surface area contributed by atoms with Crippen LogP contribution in [-0.4, -0.2) is 73.9 Å². The molecule has 4 fully saturated rings. The minimum Gasteiger partial charge on any atom is -0.453 e. The van der Waals surface area contributed by atoms with Crippen molar-refractivity contribution in [3.63, 3.8) is 0 Å². The van der Waals surface area contributed by atoms with Gasteiger partial charge in [-0.3, -0.25) is 9.59 Å². The molecule has 11 nitrogen and oxygen atoms in total. The van der Waals surface area contributed by atoms with Gasteiger partial charge in [0, 0.05) is 35.7 Å². The van der Waals surface area contributed by atoms with E-state index in [9.17, 15) is 14.4 Å². The Morgan fingerprint density at radius 2 is 1.40 bits per heavy atom. The Morgan fingerprint density at radius 3 is 1.98 bits per heavy atom. The van der Waals surface area contributed by atoms with E-state index >= 15 is 0 Å². The number of amides is 3. The Morgan fingerprint density at radius 1 is 0.818 bits per heavy atom. The summed E-state index contributed by atoms with van der Waals surface area (Å²) in [4.78, 5) is 60.1. The van der Waals surface area contributed by atoms with Crippen LogP contribution in [0.1, 0.15) is 108 Å². The van der Waals surface area contributed by atoms with Crippen molar-refractivity contribution in [3.05, 3.63) is 70.4 Å². The summed E-state index contributed by atoms with van der Waals surface area (Å²) >= 11 is 6.75. The number of benzene rings is 2. The first kappa shape index (κ1) is 37.1. The lowest BCUT2D eigenvalue weighted by Crippen LogP contribution is -2.51. The zero-order chi connectivity index (χ0) is 38.8. The van der Waals surface area contributed by atoms with E-state index in [0.717, 1.165) is 84.4 Å². The molecule has 0 bridgehead atoms. The van der Waals surface area contributed by atoms with E-state index in [4.69, 9.17) is 26.3 Å². The number of carbonyl (C=O) groups excluding carboxylic acids is 3. The number of imidazole rings is 2. The molecule has 0 radical (unpaired) electrons. The number of rotatable bonds is 8. The normalized spacial score (nSPS) is 21.6. The summed E-state index contributed by atoms with van der Waals surface area (Å²) < 4.78 is 4.81. The van der Waals surface area contributed by atoms with Crippen LogP contribution in [0, 0.1) is 40.4 Å². The lowest BCUT2D eigenvalue weighted by atomic mass is 9.96. The van der Waals surface area contributed by atoms with E-state index < -0.39 is 12.1 Å². The molecule has 4 aliphatic rings. The number of fused-ring (bicyclic) bond motifs is 1. The minimum absolute atomic E-state index is 0.0505. The second kappa shape index (κ2) is 14.0. The molecule has 2 saturated heterocycles. The number of H-pyrrole nitrogens is 2. The van der Waals surface area contributed by atoms with Crippen LogP contribution in [0.5, 0.6) is 0 Å². The molecule has 55 heavy (non-hydrogen) atoms. The van der Waals surface area contributed by atoms with Crippen molar-refractivity contribution in [3.8, 4) is 23.1 Å². The number of nitrogens with zero attached hydrogens (tertiary/aromatic N) is 4. The Balaban J connectivity index is 0.978. The fourth-order valence-electron chi connectivity index (χ4n) is 8.40. The number of carbonyl (C=O) groups is 3. The molecule has 12 heteroatoms. The van der Waals surface area contributed by atoms with Crippen molar-refractivity contribution in [2.24, 2.45) is 28.6 Å². The smallest absolute Gasteiger partial charge is 0.407 e. The fourth-order valence-corrected chi connectivity index (χ4v) is 8.65. The number of halogens is 1. The van der Waals surface area contributed by atoms with Crippen molar-refractivity contribution < 1.29 is 19.1 Å². The van der Waals surface area contributed by atoms with Gasteiger partial charge in [0.2, 0.25) is 11.8 Å². The molecule has 2 aliphatic heterocycles. The number of aromatic amines is 2. The lowest BCUT2D eigenvalue weighted by Gasteiger charge is -2.30. The van der Waals surface area contributed by atoms with Crippen molar-refractivity contribution in [2.45, 2.75) is 91.3 Å². The van der Waals surface area contributed by atoms with Gasteiger partial charge in [-0.2, -0.15) is 0 Å². The summed E-state index contributed by atoms with van der Waals surface area (Å²) in [5.41, 5.74) is 5.23. The molecule has 4 atom stereocenters. The van der Waals surface area contributed by atoms with Gasteiger partial charge in [-0.15, -0.1) is 0 Å². The number of hydrogen-bond donors (Lipinski definition) is 3. The predicted molar refractivity (Wildman–Crippen MR) is 211 cm³/mol. The zero-order valence-corrected chi connectivity index (χ0v) is 33.2. The molecule has 288 valence electrons. The summed E-state index contributed by atoms with van der Waals surface area (Å²) in [6, 6.07) is 12.8. The molecule has 0 unspecified atom stereocenters. The van der Waals surface area contributed by atoms with Gasteiger partial charge in [-0.1, -0.05) is 70.2 Å². The summed E-state index contributed by atoms with van der Waals surface area (Å²) in [6.45, 7) is 11.5. The molecular formula is C43H50ClN7O4. The first-order valence-corrected chi connectivity index (χ1v) is 20.0. The van der Waals surface area contributed by atoms with Gasteiger partial charge >= 0.3 is 6.09 Å². The highest BCUT2D eigenvalue weighted by molar-refractivity contribution is 6.31. The number of ether oxygens (including phenoxy) is 1. The van der Waals surface area contributed by atoms with Crippen LogP contribution in [0.15, 0.2) is 42.5 Å². The maximum atomic E-state index is 13.9. The quantitative estimate of drug-likeness (QED) is 0.157. The second-order valence-electron chi connectivity index (χ2n) is 17.2. The van der Waals surface area contributed by atoms with Crippen LogP contribution in [0.2, 0.25) is 5.15 Å². The highest BCUT2D eigenvalue weighted by Crippen LogP contribution is 2.59. The van der Waals surface area contributed by atoms with Crippen LogP contribution in [-0.2, 0) is 14.3 Å². The molecule has 4 aromatic rings. The van der Waals surface area contributed by atoms with Crippen LogP contribution < -0.4 is 5.32 Å². The third-order valence-electron chi connectivity index (χ3n) is 12.6. The molecule has 2 saturated carbocycles. The van der Waals surface area contributed by atoms with E-state index in [2.05, 4.69) is 41.0 Å². The Labute approximate surface area is 327 Å². The van der Waals surface area contributed by atoms with Crippen molar-refractivity contribution in [2.75, 3.05) is 20.2 Å². The first-order valence-electron chi connectivity index (χ1n) is 19.6. The Hall–Kier alpha value is -4.82. The minimum atomic E-state index is -0.689. The fraction of sp³-hybridized carbons (Fsp3) is 0.512. The standard InChI is InChI=1S/C43H50ClN7O4/c1-24(2)26(5)39(52)50-22-42(15-16-42)21-33(50)38-47-35(36(44)49-38)29-12-9-27(10-13-29)7-8-28-11-14-30-31(19-28)46-37(45-30)32-20-43(17-18-43)23-51(32)40(53)34(25(3)4)48-41(54)55-6/h9-14,19,24-26,32-34H,15-18,20-23H2,1-6H3,(H,45,46)(H,47,49)(H,48,54)/t26-,32-,33-,34-/m0/s1. The second-order valence-corrected chi connectivity index (χ2v) is 17.6. The monoisotopic (exact) mass is 763 g/mol. The molecule has 2 spiro atoms. The highest BCUT2D eigenvalue weighted by atomic mass is 35.5. The number of aromatic nitrogens is 4. The van der Waals surface area contributed by atoms with Crippen LogP contribution >= 0.6 is 11.6 Å². The maximum Gasteiger partial charge on any atom is 0.407 e. The molecule has 2 aliphatic carbocycles. The van der Waals surface area contributed by atoms with Gasteiger partial charge in [-0.05, 0) is 91.5 Å². The molecule has 2 aromatic carbocycles. The van der Waals surface area contributed by atoms with Crippen LogP contribution in [0.4, 0.5) is 4.79 Å². The van der Waals surface area contributed by atoms with Gasteiger partial charge < -0.3 is 29.8 Å². The van der Waals surface area contributed by atoms with Crippen molar-refractivity contribution in [1.29, 1.82) is 0 Å². The Kier molecular flexibility index (Phi) is 9.47. The molecule has 4 heterocycles. The number of nitrogens with one attached hydrogen (secondary N) is 3. The average Bonchev–Trinajstić information content (AvgIpc) is 3.84. The van der Waals surface area contributed by atoms with Crippen molar-refractivity contribution >= 4 is 40.5 Å². The van der Waals surface area contributed by atoms with E-state index in [1.807, 2.05) is 73.0 Å². The summed E-state index contributed by atoms with van der Waals surface area (Å²) in [7, 11) is 1.30. The largest absolute Gasteiger partial charge is 0.453 e. The van der Waals surface area contributed by atoms with E-state index in [0.29, 0.717) is 17.4 Å². The topological polar surface area (TPSA) is 136 Å². The van der Waals surface area contributed by atoms with Crippen LogP contribution in [0.3, 0.4) is 0 Å². The summed E-state index contributed by atoms with van der Waals surface area (Å²) in [6.07, 6.45) is 5.62. The molecule has 3 amide bonds. The highest BCUT2D eigenvalue weighted by Gasteiger charge is 2.56. The molecule has 3 N–H and O–H groups in total. The Bertz CT molecular complexity index is 2200.